The third-order valence-corrected chi connectivity index (χ3v) is 6.52. The van der Waals surface area contributed by atoms with Crippen molar-refractivity contribution in [2.75, 3.05) is 6.54 Å². The van der Waals surface area contributed by atoms with E-state index in [4.69, 9.17) is 4.42 Å². The lowest BCUT2D eigenvalue weighted by Crippen LogP contribution is -2.48. The van der Waals surface area contributed by atoms with Crippen LogP contribution in [0.25, 0.3) is 0 Å². The van der Waals surface area contributed by atoms with Crippen molar-refractivity contribution in [1.82, 2.24) is 10.2 Å². The molecule has 2 amide bonds. The highest BCUT2D eigenvalue weighted by Gasteiger charge is 2.38. The molecule has 1 saturated carbocycles. The molecule has 1 aliphatic heterocycles. The second-order valence-electron chi connectivity index (χ2n) is 8.57. The van der Waals surface area contributed by atoms with Gasteiger partial charge in [0.1, 0.15) is 11.6 Å². The number of carbonyl (C=O) groups is 2. The fourth-order valence-electron chi connectivity index (χ4n) is 4.79. The van der Waals surface area contributed by atoms with Crippen LogP contribution in [-0.2, 0) is 16.1 Å². The summed E-state index contributed by atoms with van der Waals surface area (Å²) in [5, 5.41) is 2.93. The van der Waals surface area contributed by atoms with E-state index in [1.54, 1.807) is 25.3 Å². The van der Waals surface area contributed by atoms with Crippen LogP contribution in [0.4, 0.5) is 4.39 Å². The van der Waals surface area contributed by atoms with Gasteiger partial charge in [0.15, 0.2) is 0 Å². The van der Waals surface area contributed by atoms with Gasteiger partial charge in [0.25, 0.3) is 0 Å². The number of hydrogen-bond acceptors (Lipinski definition) is 3. The number of furan rings is 1. The number of piperidine rings is 1. The van der Waals surface area contributed by atoms with Crippen molar-refractivity contribution in [2.24, 2.45) is 11.8 Å². The SMILES string of the molecule is Cc1cc([C@@H]2CC[C@H](C(=O)NCc3ccco3)CN2C(=O)C2CCCC2)ccc1F. The van der Waals surface area contributed by atoms with Gasteiger partial charge in [-0.1, -0.05) is 25.0 Å². The molecule has 1 aliphatic carbocycles. The maximum Gasteiger partial charge on any atom is 0.226 e. The minimum atomic E-state index is -0.247. The molecule has 1 aromatic heterocycles. The van der Waals surface area contributed by atoms with Crippen LogP contribution in [0.3, 0.4) is 0 Å². The molecule has 0 spiro atoms. The Hall–Kier alpha value is -2.63. The topological polar surface area (TPSA) is 62.6 Å². The number of halogens is 1. The summed E-state index contributed by atoms with van der Waals surface area (Å²) in [4.78, 5) is 28.0. The van der Waals surface area contributed by atoms with E-state index in [0.29, 0.717) is 37.3 Å². The number of carbonyl (C=O) groups excluding carboxylic acids is 2. The molecule has 1 aromatic carbocycles. The van der Waals surface area contributed by atoms with Crippen molar-refractivity contribution in [1.29, 1.82) is 0 Å². The Bertz CT molecular complexity index is 890. The first kappa shape index (κ1) is 20.6. The van der Waals surface area contributed by atoms with Crippen molar-refractivity contribution in [3.05, 3.63) is 59.3 Å². The number of nitrogens with one attached hydrogen (secondary N) is 1. The van der Waals surface area contributed by atoms with Gasteiger partial charge in [-0.3, -0.25) is 9.59 Å². The minimum absolute atomic E-state index is 0.0407. The zero-order valence-corrected chi connectivity index (χ0v) is 17.4. The van der Waals surface area contributed by atoms with E-state index >= 15 is 0 Å². The predicted octanol–water partition coefficient (Wildman–Crippen LogP) is 4.51. The van der Waals surface area contributed by atoms with Crippen molar-refractivity contribution in [3.8, 4) is 0 Å². The Balaban J connectivity index is 1.50. The van der Waals surface area contributed by atoms with Gasteiger partial charge in [0.05, 0.1) is 24.8 Å². The van der Waals surface area contributed by atoms with Gasteiger partial charge < -0.3 is 14.6 Å². The second kappa shape index (κ2) is 9.02. The predicted molar refractivity (Wildman–Crippen MR) is 111 cm³/mol. The quantitative estimate of drug-likeness (QED) is 0.786. The summed E-state index contributed by atoms with van der Waals surface area (Å²) >= 11 is 0. The number of likely N-dealkylation sites (tertiary alicyclic amines) is 1. The fourth-order valence-corrected chi connectivity index (χ4v) is 4.79. The maximum absolute atomic E-state index is 13.8. The maximum atomic E-state index is 13.8. The lowest BCUT2D eigenvalue weighted by atomic mass is 9.86. The number of nitrogens with zero attached hydrogens (tertiary/aromatic N) is 1. The molecule has 2 aromatic rings. The van der Waals surface area contributed by atoms with E-state index in [1.807, 2.05) is 17.0 Å². The van der Waals surface area contributed by atoms with Crippen LogP contribution in [0.1, 0.15) is 61.5 Å². The summed E-state index contributed by atoms with van der Waals surface area (Å²) in [6, 6.07) is 8.60. The highest BCUT2D eigenvalue weighted by atomic mass is 19.1. The van der Waals surface area contributed by atoms with Gasteiger partial charge in [-0.05, 0) is 61.9 Å². The van der Waals surface area contributed by atoms with E-state index in [9.17, 15) is 14.0 Å². The van der Waals surface area contributed by atoms with Crippen LogP contribution in [0.15, 0.2) is 41.0 Å². The van der Waals surface area contributed by atoms with Crippen molar-refractivity contribution < 1.29 is 18.4 Å². The van der Waals surface area contributed by atoms with Crippen molar-refractivity contribution in [2.45, 2.75) is 58.0 Å². The highest BCUT2D eigenvalue weighted by Crippen LogP contribution is 2.37. The van der Waals surface area contributed by atoms with Gasteiger partial charge in [-0.25, -0.2) is 4.39 Å². The average molecular weight is 413 g/mol. The van der Waals surface area contributed by atoms with Gasteiger partial charge in [0.2, 0.25) is 11.8 Å². The summed E-state index contributed by atoms with van der Waals surface area (Å²) in [7, 11) is 0. The number of benzene rings is 1. The summed E-state index contributed by atoms with van der Waals surface area (Å²) < 4.78 is 19.1. The van der Waals surface area contributed by atoms with Gasteiger partial charge in [0, 0.05) is 12.5 Å². The third kappa shape index (κ3) is 4.42. The molecule has 1 N–H and O–H groups in total. The number of rotatable bonds is 5. The molecular weight excluding hydrogens is 383 g/mol. The van der Waals surface area contributed by atoms with Crippen LogP contribution >= 0.6 is 0 Å². The summed E-state index contributed by atoms with van der Waals surface area (Å²) in [6.45, 7) is 2.50. The molecule has 2 atom stereocenters. The molecule has 2 fully saturated rings. The second-order valence-corrected chi connectivity index (χ2v) is 8.57. The largest absolute Gasteiger partial charge is 0.467 e. The van der Waals surface area contributed by atoms with E-state index < -0.39 is 0 Å². The lowest BCUT2D eigenvalue weighted by molar-refractivity contribution is -0.142. The molecule has 160 valence electrons. The number of hydrogen-bond donors (Lipinski definition) is 1. The Kier molecular flexibility index (Phi) is 6.21. The molecule has 4 rings (SSSR count). The first-order valence-corrected chi connectivity index (χ1v) is 10.9. The molecule has 30 heavy (non-hydrogen) atoms. The molecule has 2 aliphatic rings. The van der Waals surface area contributed by atoms with Crippen LogP contribution in [0.2, 0.25) is 0 Å². The van der Waals surface area contributed by atoms with Crippen molar-refractivity contribution >= 4 is 11.8 Å². The van der Waals surface area contributed by atoms with Crippen LogP contribution in [-0.4, -0.2) is 23.3 Å². The molecule has 0 bridgehead atoms. The Morgan fingerprint density at radius 1 is 1.13 bits per heavy atom. The highest BCUT2D eigenvalue weighted by molar-refractivity contribution is 5.83. The molecular formula is C24H29FN2O3. The van der Waals surface area contributed by atoms with Gasteiger partial charge >= 0.3 is 0 Å². The Morgan fingerprint density at radius 3 is 2.63 bits per heavy atom. The van der Waals surface area contributed by atoms with Crippen LogP contribution in [0, 0.1) is 24.6 Å². The standard InChI is InChI=1S/C24H29FN2O3/c1-16-13-18(8-10-21(16)25)22-11-9-19(23(28)26-14-20-7-4-12-30-20)15-27(22)24(29)17-5-2-3-6-17/h4,7-8,10,12-13,17,19,22H,2-3,5-6,9,11,14-15H2,1H3,(H,26,28)/t19-,22-/m0/s1. The zero-order valence-electron chi connectivity index (χ0n) is 17.4. The van der Waals surface area contributed by atoms with Crippen molar-refractivity contribution in [3.63, 3.8) is 0 Å². The first-order chi connectivity index (χ1) is 14.5. The Morgan fingerprint density at radius 2 is 1.93 bits per heavy atom. The molecule has 0 radical (unpaired) electrons. The summed E-state index contributed by atoms with van der Waals surface area (Å²) in [5.41, 5.74) is 1.54. The summed E-state index contributed by atoms with van der Waals surface area (Å²) in [6.07, 6.45) is 6.97. The Labute approximate surface area is 176 Å². The first-order valence-electron chi connectivity index (χ1n) is 10.9. The summed E-state index contributed by atoms with van der Waals surface area (Å²) in [5.74, 6) is 0.352. The fraction of sp³-hybridized carbons (Fsp3) is 0.500. The molecule has 1 saturated heterocycles. The normalized spacial score (nSPS) is 22.3. The van der Waals surface area contributed by atoms with E-state index in [1.165, 1.54) is 6.07 Å². The van der Waals surface area contributed by atoms with Crippen LogP contribution in [0.5, 0.6) is 0 Å². The monoisotopic (exact) mass is 412 g/mol. The van der Waals surface area contributed by atoms with Gasteiger partial charge in [-0.15, -0.1) is 0 Å². The van der Waals surface area contributed by atoms with Gasteiger partial charge in [-0.2, -0.15) is 0 Å². The third-order valence-electron chi connectivity index (χ3n) is 6.52. The number of aryl methyl sites for hydroxylation is 1. The van der Waals surface area contributed by atoms with Crippen LogP contribution < -0.4 is 5.32 Å². The molecule has 0 unspecified atom stereocenters. The van der Waals surface area contributed by atoms with E-state index in [2.05, 4.69) is 5.32 Å². The average Bonchev–Trinajstić information content (AvgIpc) is 3.47. The van der Waals surface area contributed by atoms with E-state index in [-0.39, 0.29) is 35.5 Å². The number of amides is 2. The smallest absolute Gasteiger partial charge is 0.226 e. The lowest BCUT2D eigenvalue weighted by Gasteiger charge is -2.41. The van der Waals surface area contributed by atoms with E-state index in [0.717, 1.165) is 31.2 Å². The minimum Gasteiger partial charge on any atom is -0.467 e. The molecule has 6 heteroatoms. The molecule has 2 heterocycles. The zero-order chi connectivity index (χ0) is 21.1. The molecule has 5 nitrogen and oxygen atoms in total.